The number of thioether (sulfide) groups is 1. The Morgan fingerprint density at radius 2 is 2.40 bits per heavy atom. The van der Waals surface area contributed by atoms with Gasteiger partial charge in [0.2, 0.25) is 0 Å². The molecule has 15 heavy (non-hydrogen) atoms. The molecule has 3 nitrogen and oxygen atoms in total. The van der Waals surface area contributed by atoms with Crippen molar-refractivity contribution >= 4 is 78.8 Å². The molecule has 1 aliphatic heterocycles. The third-order valence-electron chi connectivity index (χ3n) is 1.58. The fourth-order valence-corrected chi connectivity index (χ4v) is 2.73. The van der Waals surface area contributed by atoms with Crippen molar-refractivity contribution in [3.63, 3.8) is 0 Å². The number of carbonyl (C=O) groups is 1. The molecular weight excluding hydrogens is 413 g/mol. The van der Waals surface area contributed by atoms with E-state index in [1.807, 2.05) is 6.07 Å². The van der Waals surface area contributed by atoms with Crippen molar-refractivity contribution in [3.8, 4) is 0 Å². The average Bonchev–Trinajstić information content (AvgIpc) is 2.59. The lowest BCUT2D eigenvalue weighted by Gasteiger charge is -1.88. The van der Waals surface area contributed by atoms with E-state index >= 15 is 0 Å². The van der Waals surface area contributed by atoms with Crippen molar-refractivity contribution in [1.29, 1.82) is 0 Å². The van der Waals surface area contributed by atoms with Crippen LogP contribution in [0, 0.1) is 3.77 Å². The normalized spacial score (nSPS) is 18.7. The van der Waals surface area contributed by atoms with Gasteiger partial charge in [-0.05, 0) is 22.0 Å². The Kier molecular flexibility index (Phi) is 3.53. The molecule has 1 fully saturated rings. The Balaban J connectivity index is 2.30. The second-order valence-corrected chi connectivity index (χ2v) is 6.18. The molecule has 0 unspecified atom stereocenters. The minimum atomic E-state index is -0.174. The monoisotopic (exact) mass is 415 g/mol. The minimum Gasteiger partial charge on any atom is -0.450 e. The number of carbonyl (C=O) groups excluding carboxylic acids is 1. The maximum absolute atomic E-state index is 11.3. The van der Waals surface area contributed by atoms with Crippen LogP contribution >= 0.6 is 62.5 Å². The van der Waals surface area contributed by atoms with Gasteiger partial charge < -0.3 is 9.73 Å². The molecule has 2 rings (SSSR count). The summed E-state index contributed by atoms with van der Waals surface area (Å²) in [6, 6.07) is 1.81. The standard InChI is InChI=1S/C8H3BrINO2S2/c9-4-1-3(13-6(4)10)2-5-7(12)11-8(14)15-5/h1-2H,(H,11,12,14). The molecule has 2 heterocycles. The highest BCUT2D eigenvalue weighted by Gasteiger charge is 2.22. The lowest BCUT2D eigenvalue weighted by Crippen LogP contribution is -2.17. The van der Waals surface area contributed by atoms with E-state index in [2.05, 4.69) is 43.8 Å². The zero-order chi connectivity index (χ0) is 11.0. The van der Waals surface area contributed by atoms with Crippen LogP contribution in [0.3, 0.4) is 0 Å². The van der Waals surface area contributed by atoms with Gasteiger partial charge in [0.25, 0.3) is 5.91 Å². The maximum atomic E-state index is 11.3. The molecule has 1 aromatic heterocycles. The van der Waals surface area contributed by atoms with Crippen LogP contribution in [-0.4, -0.2) is 10.2 Å². The van der Waals surface area contributed by atoms with Gasteiger partial charge in [0.1, 0.15) is 10.1 Å². The van der Waals surface area contributed by atoms with Gasteiger partial charge in [0.05, 0.1) is 9.38 Å². The van der Waals surface area contributed by atoms with Crippen LogP contribution in [0.5, 0.6) is 0 Å². The summed E-state index contributed by atoms with van der Waals surface area (Å²) < 4.78 is 7.50. The quantitative estimate of drug-likeness (QED) is 0.434. The molecule has 1 aromatic rings. The summed E-state index contributed by atoms with van der Waals surface area (Å²) >= 11 is 11.5. The summed E-state index contributed by atoms with van der Waals surface area (Å²) in [7, 11) is 0. The van der Waals surface area contributed by atoms with Gasteiger partial charge in [0.15, 0.2) is 3.77 Å². The van der Waals surface area contributed by atoms with Gasteiger partial charge in [-0.1, -0.05) is 24.0 Å². The van der Waals surface area contributed by atoms with E-state index in [1.165, 1.54) is 11.8 Å². The van der Waals surface area contributed by atoms with E-state index < -0.39 is 0 Å². The van der Waals surface area contributed by atoms with Crippen LogP contribution in [0.25, 0.3) is 6.08 Å². The van der Waals surface area contributed by atoms with Crippen LogP contribution in [-0.2, 0) is 4.79 Å². The Morgan fingerprint density at radius 1 is 1.67 bits per heavy atom. The SMILES string of the molecule is O=C1NC(=S)SC1=Cc1cc(Br)c(I)o1. The van der Waals surface area contributed by atoms with E-state index in [9.17, 15) is 4.79 Å². The number of nitrogens with one attached hydrogen (secondary N) is 1. The second-order valence-electron chi connectivity index (χ2n) is 2.62. The summed E-state index contributed by atoms with van der Waals surface area (Å²) in [4.78, 5) is 11.9. The van der Waals surface area contributed by atoms with Crippen molar-refractivity contribution in [2.75, 3.05) is 0 Å². The van der Waals surface area contributed by atoms with Crippen LogP contribution in [0.1, 0.15) is 5.76 Å². The predicted octanol–water partition coefficient (Wildman–Crippen LogP) is 3.14. The Morgan fingerprint density at radius 3 is 2.87 bits per heavy atom. The Hall–Kier alpha value is 0.140. The summed E-state index contributed by atoms with van der Waals surface area (Å²) in [5.41, 5.74) is 0. The number of furan rings is 1. The van der Waals surface area contributed by atoms with E-state index in [1.54, 1.807) is 6.08 Å². The average molecular weight is 416 g/mol. The maximum Gasteiger partial charge on any atom is 0.263 e. The molecule has 0 aliphatic carbocycles. The Labute approximate surface area is 117 Å². The first kappa shape index (κ1) is 11.6. The number of hydrogen-bond donors (Lipinski definition) is 1. The third-order valence-corrected chi connectivity index (χ3v) is 4.87. The lowest BCUT2D eigenvalue weighted by atomic mass is 10.4. The first-order valence-corrected chi connectivity index (χ1v) is 6.85. The highest BCUT2D eigenvalue weighted by Crippen LogP contribution is 2.29. The zero-order valence-electron chi connectivity index (χ0n) is 7.04. The van der Waals surface area contributed by atoms with Gasteiger partial charge in [-0.25, -0.2) is 0 Å². The van der Waals surface area contributed by atoms with Gasteiger partial charge in [0, 0.05) is 28.7 Å². The van der Waals surface area contributed by atoms with Gasteiger partial charge in [-0.2, -0.15) is 0 Å². The number of hydrogen-bond acceptors (Lipinski definition) is 4. The molecule has 1 saturated heterocycles. The molecule has 7 heteroatoms. The molecule has 0 spiro atoms. The molecule has 1 amide bonds. The van der Waals surface area contributed by atoms with Crippen molar-refractivity contribution in [2.45, 2.75) is 0 Å². The van der Waals surface area contributed by atoms with Gasteiger partial charge >= 0.3 is 0 Å². The molecule has 0 atom stereocenters. The van der Waals surface area contributed by atoms with E-state index in [0.29, 0.717) is 15.0 Å². The smallest absolute Gasteiger partial charge is 0.263 e. The summed E-state index contributed by atoms with van der Waals surface area (Å²) in [5, 5.41) is 2.54. The number of halogens is 2. The summed E-state index contributed by atoms with van der Waals surface area (Å²) in [5.74, 6) is 0.459. The van der Waals surface area contributed by atoms with Crippen molar-refractivity contribution < 1.29 is 9.21 Å². The van der Waals surface area contributed by atoms with Gasteiger partial charge in [-0.15, -0.1) is 0 Å². The van der Waals surface area contributed by atoms with E-state index in [4.69, 9.17) is 16.6 Å². The Bertz CT molecular complexity index is 463. The molecule has 0 bridgehead atoms. The first-order chi connectivity index (χ1) is 7.06. The molecule has 0 aromatic carbocycles. The molecule has 1 aliphatic rings. The number of thiocarbonyl (C=S) groups is 1. The highest BCUT2D eigenvalue weighted by atomic mass is 127. The van der Waals surface area contributed by atoms with E-state index in [0.717, 1.165) is 8.24 Å². The zero-order valence-corrected chi connectivity index (χ0v) is 12.4. The fourth-order valence-electron chi connectivity index (χ4n) is 0.985. The summed E-state index contributed by atoms with van der Waals surface area (Å²) in [6.45, 7) is 0. The lowest BCUT2D eigenvalue weighted by molar-refractivity contribution is -0.115. The highest BCUT2D eigenvalue weighted by molar-refractivity contribution is 14.1. The topological polar surface area (TPSA) is 42.2 Å². The molecular formula is C8H3BrINO2S2. The molecule has 0 saturated carbocycles. The van der Waals surface area contributed by atoms with Crippen molar-refractivity contribution in [1.82, 2.24) is 5.32 Å². The number of rotatable bonds is 1. The molecule has 78 valence electrons. The van der Waals surface area contributed by atoms with Crippen LogP contribution in [0.15, 0.2) is 19.9 Å². The first-order valence-electron chi connectivity index (χ1n) is 3.76. The fraction of sp³-hybridized carbons (Fsp3) is 0. The summed E-state index contributed by atoms with van der Waals surface area (Å²) in [6.07, 6.45) is 1.67. The predicted molar refractivity (Wildman–Crippen MR) is 75.4 cm³/mol. The largest absolute Gasteiger partial charge is 0.450 e. The van der Waals surface area contributed by atoms with Crippen LogP contribution in [0.4, 0.5) is 0 Å². The van der Waals surface area contributed by atoms with Crippen molar-refractivity contribution in [3.05, 3.63) is 25.0 Å². The third kappa shape index (κ3) is 2.63. The second kappa shape index (κ2) is 4.56. The molecule has 1 N–H and O–H groups in total. The number of amides is 1. The molecule has 0 radical (unpaired) electrons. The van der Waals surface area contributed by atoms with Crippen molar-refractivity contribution in [2.24, 2.45) is 0 Å². The van der Waals surface area contributed by atoms with Gasteiger partial charge in [-0.3, -0.25) is 4.79 Å². The van der Waals surface area contributed by atoms with Crippen LogP contribution < -0.4 is 5.32 Å². The van der Waals surface area contributed by atoms with E-state index in [-0.39, 0.29) is 5.91 Å². The minimum absolute atomic E-state index is 0.174. The van der Waals surface area contributed by atoms with Crippen LogP contribution in [0.2, 0.25) is 0 Å².